The van der Waals surface area contributed by atoms with Gasteiger partial charge < -0.3 is 4.74 Å². The molecule has 0 aromatic rings. The van der Waals surface area contributed by atoms with Crippen LogP contribution in [0, 0.1) is 0 Å². The lowest BCUT2D eigenvalue weighted by Gasteiger charge is -2.08. The van der Waals surface area contributed by atoms with Gasteiger partial charge >= 0.3 is 0 Å². The minimum Gasteiger partial charge on any atom is -0.362 e. The van der Waals surface area contributed by atoms with Crippen LogP contribution < -0.4 is 5.32 Å². The van der Waals surface area contributed by atoms with Crippen LogP contribution >= 0.6 is 11.6 Å². The van der Waals surface area contributed by atoms with Gasteiger partial charge in [-0.2, -0.15) is 0 Å². The van der Waals surface area contributed by atoms with Gasteiger partial charge in [0, 0.05) is 5.88 Å². The second-order valence-electron chi connectivity index (χ2n) is 2.14. The van der Waals surface area contributed by atoms with Gasteiger partial charge in [-0.15, -0.1) is 11.6 Å². The monoisotopic (exact) mass is 149 g/mol. The van der Waals surface area contributed by atoms with Crippen molar-refractivity contribution < 1.29 is 4.74 Å². The average molecular weight is 150 g/mol. The average Bonchev–Trinajstić information content (AvgIpc) is 2.34. The Balaban J connectivity index is 1.98. The summed E-state index contributed by atoms with van der Waals surface area (Å²) in [4.78, 5) is 0. The Bertz CT molecular complexity index is 73.5. The summed E-state index contributed by atoms with van der Waals surface area (Å²) >= 11 is 5.43. The van der Waals surface area contributed by atoms with E-state index in [1.54, 1.807) is 0 Å². The first kappa shape index (κ1) is 7.32. The van der Waals surface area contributed by atoms with Gasteiger partial charge in [-0.25, -0.2) is 0 Å². The van der Waals surface area contributed by atoms with Crippen molar-refractivity contribution in [1.82, 2.24) is 5.32 Å². The van der Waals surface area contributed by atoms with E-state index in [2.05, 4.69) is 5.32 Å². The summed E-state index contributed by atoms with van der Waals surface area (Å²) in [6.07, 6.45) is 2.65. The van der Waals surface area contributed by atoms with E-state index in [1.807, 2.05) is 0 Å². The van der Waals surface area contributed by atoms with Gasteiger partial charge in [0.2, 0.25) is 0 Å². The summed E-state index contributed by atoms with van der Waals surface area (Å²) in [7, 11) is 0. The zero-order valence-corrected chi connectivity index (χ0v) is 6.16. The van der Waals surface area contributed by atoms with Crippen molar-refractivity contribution in [2.24, 2.45) is 0 Å². The van der Waals surface area contributed by atoms with E-state index in [1.165, 1.54) is 6.42 Å². The van der Waals surface area contributed by atoms with Crippen LogP contribution in [0.2, 0.25) is 0 Å². The summed E-state index contributed by atoms with van der Waals surface area (Å²) < 4.78 is 5.31. The fourth-order valence-electron chi connectivity index (χ4n) is 0.982. The van der Waals surface area contributed by atoms with Gasteiger partial charge in [0.1, 0.15) is 6.23 Å². The minimum atomic E-state index is 0.281. The van der Waals surface area contributed by atoms with E-state index >= 15 is 0 Å². The molecule has 0 aliphatic carbocycles. The zero-order valence-electron chi connectivity index (χ0n) is 5.40. The van der Waals surface area contributed by atoms with Crippen LogP contribution in [0.5, 0.6) is 0 Å². The van der Waals surface area contributed by atoms with E-state index in [-0.39, 0.29) is 6.23 Å². The van der Waals surface area contributed by atoms with E-state index in [0.717, 1.165) is 13.0 Å². The van der Waals surface area contributed by atoms with Crippen molar-refractivity contribution in [3.05, 3.63) is 0 Å². The Morgan fingerprint density at radius 2 is 2.56 bits per heavy atom. The molecule has 0 saturated carbocycles. The lowest BCUT2D eigenvalue weighted by molar-refractivity contribution is 0.0543. The van der Waals surface area contributed by atoms with Gasteiger partial charge in [0.25, 0.3) is 0 Å². The lowest BCUT2D eigenvalue weighted by Crippen LogP contribution is -2.25. The summed E-state index contributed by atoms with van der Waals surface area (Å²) in [5, 5.41) is 3.21. The van der Waals surface area contributed by atoms with Crippen molar-refractivity contribution in [2.75, 3.05) is 19.0 Å². The van der Waals surface area contributed by atoms with Crippen LogP contribution in [0.1, 0.15) is 12.8 Å². The summed E-state index contributed by atoms with van der Waals surface area (Å²) in [5.74, 6) is 0.595. The molecule has 9 heavy (non-hydrogen) atoms. The summed E-state index contributed by atoms with van der Waals surface area (Å²) in [6, 6.07) is 0. The Kier molecular flexibility index (Phi) is 3.33. The second kappa shape index (κ2) is 4.09. The summed E-state index contributed by atoms with van der Waals surface area (Å²) in [6.45, 7) is 1.76. The van der Waals surface area contributed by atoms with Crippen LogP contribution in [-0.2, 0) is 4.74 Å². The zero-order chi connectivity index (χ0) is 6.53. The molecule has 0 aromatic heterocycles. The molecule has 1 fully saturated rings. The molecule has 0 aromatic carbocycles. The highest BCUT2D eigenvalue weighted by atomic mass is 35.5. The number of halogens is 1. The molecule has 54 valence electrons. The number of hydrogen-bond acceptors (Lipinski definition) is 2. The van der Waals surface area contributed by atoms with Crippen LogP contribution in [0.4, 0.5) is 0 Å². The molecule has 2 nitrogen and oxygen atoms in total. The first-order chi connectivity index (χ1) is 4.43. The molecule has 1 saturated heterocycles. The molecule has 0 radical (unpaired) electrons. The largest absolute Gasteiger partial charge is 0.362 e. The number of ether oxygens (including phenoxy) is 1. The summed E-state index contributed by atoms with van der Waals surface area (Å²) in [5.41, 5.74) is 0. The van der Waals surface area contributed by atoms with Crippen molar-refractivity contribution in [3.8, 4) is 0 Å². The fraction of sp³-hybridized carbons (Fsp3) is 1.00. The number of alkyl halides is 1. The molecule has 0 spiro atoms. The SMILES string of the molecule is ClCCOC1CCCN1. The second-order valence-corrected chi connectivity index (χ2v) is 2.52. The molecule has 0 amide bonds. The van der Waals surface area contributed by atoms with Gasteiger partial charge in [-0.05, 0) is 19.4 Å². The first-order valence-corrected chi connectivity index (χ1v) is 3.88. The maximum Gasteiger partial charge on any atom is 0.108 e. The third-order valence-electron chi connectivity index (χ3n) is 1.41. The molecule has 1 aliphatic heterocycles. The quantitative estimate of drug-likeness (QED) is 0.604. The topological polar surface area (TPSA) is 21.3 Å². The molecule has 0 bridgehead atoms. The molecule has 1 rings (SSSR count). The van der Waals surface area contributed by atoms with Crippen LogP contribution in [0.25, 0.3) is 0 Å². The highest BCUT2D eigenvalue weighted by Gasteiger charge is 2.12. The molecule has 1 heterocycles. The molecular formula is C6H12ClNO. The molecule has 1 unspecified atom stereocenters. The van der Waals surface area contributed by atoms with Gasteiger partial charge in [0.05, 0.1) is 6.61 Å². The Morgan fingerprint density at radius 1 is 1.67 bits per heavy atom. The number of nitrogens with one attached hydrogen (secondary N) is 1. The van der Waals surface area contributed by atoms with Crippen molar-refractivity contribution in [1.29, 1.82) is 0 Å². The highest BCUT2D eigenvalue weighted by molar-refractivity contribution is 6.17. The first-order valence-electron chi connectivity index (χ1n) is 3.34. The third kappa shape index (κ3) is 2.52. The van der Waals surface area contributed by atoms with Crippen molar-refractivity contribution in [2.45, 2.75) is 19.1 Å². The highest BCUT2D eigenvalue weighted by Crippen LogP contribution is 2.05. The van der Waals surface area contributed by atoms with Crippen LogP contribution in [-0.4, -0.2) is 25.3 Å². The number of rotatable bonds is 3. The van der Waals surface area contributed by atoms with Crippen LogP contribution in [0.3, 0.4) is 0 Å². The smallest absolute Gasteiger partial charge is 0.108 e. The predicted octanol–water partition coefficient (Wildman–Crippen LogP) is 0.951. The molecule has 1 N–H and O–H groups in total. The van der Waals surface area contributed by atoms with Gasteiger partial charge in [-0.1, -0.05) is 0 Å². The predicted molar refractivity (Wildman–Crippen MR) is 37.7 cm³/mol. The maximum atomic E-state index is 5.43. The minimum absolute atomic E-state index is 0.281. The Hall–Kier alpha value is 0.210. The third-order valence-corrected chi connectivity index (χ3v) is 1.57. The van der Waals surface area contributed by atoms with Crippen LogP contribution in [0.15, 0.2) is 0 Å². The molecule has 1 atom stereocenters. The molecule has 1 aliphatic rings. The number of hydrogen-bond donors (Lipinski definition) is 1. The van der Waals surface area contributed by atoms with E-state index in [4.69, 9.17) is 16.3 Å². The standard InChI is InChI=1S/C6H12ClNO/c7-3-5-9-6-2-1-4-8-6/h6,8H,1-5H2. The van der Waals surface area contributed by atoms with E-state index in [0.29, 0.717) is 12.5 Å². The Morgan fingerprint density at radius 3 is 3.11 bits per heavy atom. The Labute approximate surface area is 60.5 Å². The van der Waals surface area contributed by atoms with Gasteiger partial charge in [0.15, 0.2) is 0 Å². The van der Waals surface area contributed by atoms with E-state index in [9.17, 15) is 0 Å². The van der Waals surface area contributed by atoms with Crippen molar-refractivity contribution in [3.63, 3.8) is 0 Å². The van der Waals surface area contributed by atoms with Gasteiger partial charge in [-0.3, -0.25) is 5.32 Å². The van der Waals surface area contributed by atoms with Crippen molar-refractivity contribution >= 4 is 11.6 Å². The molecule has 3 heteroatoms. The fourth-order valence-corrected chi connectivity index (χ4v) is 1.07. The van der Waals surface area contributed by atoms with E-state index < -0.39 is 0 Å². The maximum absolute atomic E-state index is 5.43. The molecular weight excluding hydrogens is 138 g/mol. The lowest BCUT2D eigenvalue weighted by atomic mass is 10.4. The normalized spacial score (nSPS) is 27.0.